The van der Waals surface area contributed by atoms with Crippen LogP contribution in [0.3, 0.4) is 0 Å². The lowest BCUT2D eigenvalue weighted by Crippen LogP contribution is -2.23. The zero-order valence-corrected chi connectivity index (χ0v) is 18.0. The van der Waals surface area contributed by atoms with Crippen molar-refractivity contribution >= 4 is 17.4 Å². The minimum absolute atomic E-state index is 0.158. The fourth-order valence-electron chi connectivity index (χ4n) is 2.50. The number of ketones is 1. The zero-order chi connectivity index (χ0) is 22.0. The number of carbonyl (C=O) groups excluding carboxylic acids is 2. The van der Waals surface area contributed by atoms with E-state index in [9.17, 15) is 14.7 Å². The molecular weight excluding hydrogens is 370 g/mol. The number of benzene rings is 1. The van der Waals surface area contributed by atoms with Gasteiger partial charge < -0.3 is 25.4 Å². The molecule has 3 N–H and O–H groups in total. The van der Waals surface area contributed by atoms with Crippen molar-refractivity contribution < 1.29 is 19.4 Å². The molecule has 29 heavy (non-hydrogen) atoms. The van der Waals surface area contributed by atoms with Gasteiger partial charge in [0.15, 0.2) is 11.5 Å². The van der Waals surface area contributed by atoms with Crippen LogP contribution >= 0.6 is 0 Å². The second-order valence-corrected chi connectivity index (χ2v) is 6.33. The molecule has 0 fully saturated rings. The van der Waals surface area contributed by atoms with E-state index in [2.05, 4.69) is 10.6 Å². The molecule has 0 saturated heterocycles. The van der Waals surface area contributed by atoms with Crippen molar-refractivity contribution in [2.24, 2.45) is 0 Å². The van der Waals surface area contributed by atoms with Crippen molar-refractivity contribution in [3.8, 4) is 5.75 Å². The van der Waals surface area contributed by atoms with Gasteiger partial charge in [-0.3, -0.25) is 9.59 Å². The number of nitrogens with zero attached hydrogens (tertiary/aromatic N) is 1. The van der Waals surface area contributed by atoms with E-state index in [1.165, 1.54) is 17.9 Å². The van der Waals surface area contributed by atoms with Gasteiger partial charge in [-0.05, 0) is 37.6 Å². The van der Waals surface area contributed by atoms with Crippen LogP contribution in [0.2, 0.25) is 0 Å². The van der Waals surface area contributed by atoms with E-state index < -0.39 is 0 Å². The van der Waals surface area contributed by atoms with Crippen molar-refractivity contribution in [3.63, 3.8) is 0 Å². The molecule has 0 radical (unpaired) electrons. The number of hydrogen-bond donors (Lipinski definition) is 3. The Labute approximate surface area is 172 Å². The summed E-state index contributed by atoms with van der Waals surface area (Å²) in [5, 5.41) is 16.5. The SMILES string of the molecule is CC.CC(=O)/C(Nc1cccc(C(=O)N(C)C)c1O)=C(\C)NCC1=CCC=CO1. The molecule has 1 amide bonds. The molecule has 7 nitrogen and oxygen atoms in total. The summed E-state index contributed by atoms with van der Waals surface area (Å²) in [4.78, 5) is 25.6. The molecule has 0 atom stereocenters. The molecule has 1 heterocycles. The maximum atomic E-state index is 12.2. The van der Waals surface area contributed by atoms with Crippen molar-refractivity contribution in [1.29, 1.82) is 0 Å². The van der Waals surface area contributed by atoms with Crippen molar-refractivity contribution in [2.75, 3.05) is 26.0 Å². The highest BCUT2D eigenvalue weighted by molar-refractivity contribution is 6.00. The molecule has 1 aromatic rings. The summed E-state index contributed by atoms with van der Waals surface area (Å²) >= 11 is 0. The lowest BCUT2D eigenvalue weighted by Gasteiger charge is -2.18. The first-order valence-corrected chi connectivity index (χ1v) is 9.58. The van der Waals surface area contributed by atoms with Gasteiger partial charge in [0.1, 0.15) is 11.5 Å². The number of nitrogens with one attached hydrogen (secondary N) is 2. The van der Waals surface area contributed by atoms with Crippen LogP contribution < -0.4 is 10.6 Å². The van der Waals surface area contributed by atoms with E-state index in [-0.39, 0.29) is 28.7 Å². The van der Waals surface area contributed by atoms with Gasteiger partial charge in [-0.1, -0.05) is 19.9 Å². The first-order chi connectivity index (χ1) is 13.8. The van der Waals surface area contributed by atoms with Crippen LogP contribution in [0.1, 0.15) is 44.5 Å². The van der Waals surface area contributed by atoms with Crippen molar-refractivity contribution in [3.05, 3.63) is 59.3 Å². The topological polar surface area (TPSA) is 90.9 Å². The zero-order valence-electron chi connectivity index (χ0n) is 18.0. The first kappa shape index (κ1) is 23.8. The third-order valence-corrected chi connectivity index (χ3v) is 3.98. The highest BCUT2D eigenvalue weighted by Gasteiger charge is 2.18. The third-order valence-electron chi connectivity index (χ3n) is 3.98. The Balaban J connectivity index is 0.00000204. The molecule has 2 rings (SSSR count). The molecule has 0 saturated carbocycles. The summed E-state index contributed by atoms with van der Waals surface area (Å²) < 4.78 is 5.38. The molecule has 0 spiro atoms. The maximum Gasteiger partial charge on any atom is 0.257 e. The highest BCUT2D eigenvalue weighted by atomic mass is 16.5. The molecule has 0 unspecified atom stereocenters. The van der Waals surface area contributed by atoms with Crippen LogP contribution in [0, 0.1) is 0 Å². The number of Topliss-reactive ketones (excluding diaryl/α,β-unsaturated/α-hetero) is 1. The van der Waals surface area contributed by atoms with Gasteiger partial charge in [0, 0.05) is 26.7 Å². The Morgan fingerprint density at radius 2 is 1.90 bits per heavy atom. The molecule has 1 aliphatic rings. The number of hydrogen-bond acceptors (Lipinski definition) is 6. The predicted molar refractivity (Wildman–Crippen MR) is 115 cm³/mol. The Bertz CT molecular complexity index is 823. The summed E-state index contributed by atoms with van der Waals surface area (Å²) in [5.74, 6) is 0.0309. The Morgan fingerprint density at radius 3 is 2.45 bits per heavy atom. The smallest absolute Gasteiger partial charge is 0.257 e. The molecule has 158 valence electrons. The van der Waals surface area contributed by atoms with E-state index in [0.29, 0.717) is 17.9 Å². The van der Waals surface area contributed by atoms with E-state index in [4.69, 9.17) is 4.74 Å². The van der Waals surface area contributed by atoms with E-state index in [1.807, 2.05) is 26.0 Å². The van der Waals surface area contributed by atoms with Gasteiger partial charge in [0.2, 0.25) is 0 Å². The van der Waals surface area contributed by atoms with Crippen molar-refractivity contribution in [1.82, 2.24) is 10.2 Å². The summed E-state index contributed by atoms with van der Waals surface area (Å²) in [6.45, 7) is 7.62. The number of carbonyl (C=O) groups is 2. The van der Waals surface area contributed by atoms with Gasteiger partial charge in [-0.15, -0.1) is 0 Å². The van der Waals surface area contributed by atoms with Gasteiger partial charge >= 0.3 is 0 Å². The fraction of sp³-hybridized carbons (Fsp3) is 0.364. The second kappa shape index (κ2) is 11.6. The van der Waals surface area contributed by atoms with E-state index in [1.54, 1.807) is 39.4 Å². The monoisotopic (exact) mass is 401 g/mol. The fourth-order valence-corrected chi connectivity index (χ4v) is 2.50. The number of allylic oxidation sites excluding steroid dienone is 4. The molecule has 1 aliphatic heterocycles. The Morgan fingerprint density at radius 1 is 1.21 bits per heavy atom. The van der Waals surface area contributed by atoms with E-state index in [0.717, 1.165) is 12.2 Å². The number of phenolic OH excluding ortho intramolecular Hbond substituents is 1. The molecule has 1 aromatic carbocycles. The predicted octanol–water partition coefficient (Wildman–Crippen LogP) is 3.76. The quantitative estimate of drug-likeness (QED) is 0.476. The largest absolute Gasteiger partial charge is 0.505 e. The number of anilines is 1. The summed E-state index contributed by atoms with van der Waals surface area (Å²) in [5.41, 5.74) is 1.34. The Hall–Kier alpha value is -3.22. The molecule has 0 aromatic heterocycles. The number of ether oxygens (including phenoxy) is 1. The normalized spacial score (nSPS) is 13.1. The summed E-state index contributed by atoms with van der Waals surface area (Å²) in [6, 6.07) is 4.79. The van der Waals surface area contributed by atoms with E-state index >= 15 is 0 Å². The standard InChI is InChI=1S/C20H25N3O4.C2H6/c1-13(21-12-15-8-5-6-11-27-15)18(14(2)24)22-17-10-7-9-16(19(17)25)20(26)23(3)4;1-2/h6-11,21-22,25H,5,12H2,1-4H3;1-2H3/b18-13-;. The lowest BCUT2D eigenvalue weighted by atomic mass is 10.1. The number of phenols is 1. The highest BCUT2D eigenvalue weighted by Crippen LogP contribution is 2.29. The van der Waals surface area contributed by atoms with Crippen LogP contribution in [0.5, 0.6) is 5.75 Å². The number of rotatable bonds is 7. The number of para-hydroxylation sites is 1. The van der Waals surface area contributed by atoms with Crippen LogP contribution in [-0.4, -0.2) is 42.3 Å². The Kier molecular flexibility index (Phi) is 9.51. The van der Waals surface area contributed by atoms with Gasteiger partial charge in [0.25, 0.3) is 5.91 Å². The minimum atomic E-state index is -0.325. The number of amides is 1. The first-order valence-electron chi connectivity index (χ1n) is 9.58. The second-order valence-electron chi connectivity index (χ2n) is 6.33. The molecular formula is C22H31N3O4. The van der Waals surface area contributed by atoms with Gasteiger partial charge in [-0.2, -0.15) is 0 Å². The van der Waals surface area contributed by atoms with Gasteiger partial charge in [0.05, 0.1) is 24.1 Å². The third kappa shape index (κ3) is 6.71. The van der Waals surface area contributed by atoms with Crippen LogP contribution in [-0.2, 0) is 9.53 Å². The molecule has 7 heteroatoms. The van der Waals surface area contributed by atoms with Crippen molar-refractivity contribution in [2.45, 2.75) is 34.1 Å². The average molecular weight is 402 g/mol. The summed E-state index contributed by atoms with van der Waals surface area (Å²) in [7, 11) is 3.21. The molecule has 0 bridgehead atoms. The lowest BCUT2D eigenvalue weighted by molar-refractivity contribution is -0.113. The maximum absolute atomic E-state index is 12.2. The summed E-state index contributed by atoms with van der Waals surface area (Å²) in [6.07, 6.45) is 6.28. The minimum Gasteiger partial charge on any atom is -0.505 e. The average Bonchev–Trinajstić information content (AvgIpc) is 2.72. The van der Waals surface area contributed by atoms with Gasteiger partial charge in [-0.25, -0.2) is 0 Å². The van der Waals surface area contributed by atoms with Crippen LogP contribution in [0.4, 0.5) is 5.69 Å². The molecule has 0 aliphatic carbocycles. The van der Waals surface area contributed by atoms with Crippen LogP contribution in [0.15, 0.2) is 53.8 Å². The van der Waals surface area contributed by atoms with Crippen LogP contribution in [0.25, 0.3) is 0 Å². The number of aromatic hydroxyl groups is 1.